The second-order valence-electron chi connectivity index (χ2n) is 6.62. The summed E-state index contributed by atoms with van der Waals surface area (Å²) < 4.78 is 6.83. The lowest BCUT2D eigenvalue weighted by Crippen LogP contribution is -2.13. The highest BCUT2D eigenvalue weighted by Gasteiger charge is 2.16. The van der Waals surface area contributed by atoms with Gasteiger partial charge in [0.15, 0.2) is 5.82 Å². The molecule has 31 heavy (non-hydrogen) atoms. The summed E-state index contributed by atoms with van der Waals surface area (Å²) in [5.41, 5.74) is 2.59. The SMILES string of the molecule is COc1cccc(-c2cc(C(=O)Nc3nn(Cc4ccc(Cl)c(Cl)c4)cc3Cl)[nH]n2)c1. The van der Waals surface area contributed by atoms with Crippen molar-refractivity contribution in [3.05, 3.63) is 81.1 Å². The monoisotopic (exact) mass is 475 g/mol. The van der Waals surface area contributed by atoms with Gasteiger partial charge in [0.05, 0.1) is 29.4 Å². The molecule has 0 bridgehead atoms. The lowest BCUT2D eigenvalue weighted by Gasteiger charge is -2.04. The molecule has 0 spiro atoms. The van der Waals surface area contributed by atoms with Crippen molar-refractivity contribution in [1.82, 2.24) is 20.0 Å². The van der Waals surface area contributed by atoms with E-state index in [0.29, 0.717) is 33.1 Å². The Hall–Kier alpha value is -3.00. The smallest absolute Gasteiger partial charge is 0.274 e. The minimum atomic E-state index is -0.414. The van der Waals surface area contributed by atoms with Gasteiger partial charge in [-0.3, -0.25) is 14.6 Å². The molecule has 7 nitrogen and oxygen atoms in total. The molecular weight excluding hydrogens is 461 g/mol. The summed E-state index contributed by atoms with van der Waals surface area (Å²) in [5, 5.41) is 15.2. The highest BCUT2D eigenvalue weighted by molar-refractivity contribution is 6.42. The van der Waals surface area contributed by atoms with E-state index in [2.05, 4.69) is 20.6 Å². The molecule has 0 saturated heterocycles. The molecule has 2 aromatic heterocycles. The summed E-state index contributed by atoms with van der Waals surface area (Å²) in [7, 11) is 1.59. The first-order valence-electron chi connectivity index (χ1n) is 9.11. The van der Waals surface area contributed by atoms with Gasteiger partial charge in [0.1, 0.15) is 16.5 Å². The maximum absolute atomic E-state index is 12.6. The van der Waals surface area contributed by atoms with Crippen LogP contribution < -0.4 is 10.1 Å². The Labute approximate surface area is 192 Å². The Bertz CT molecular complexity index is 1250. The molecule has 0 atom stereocenters. The Morgan fingerprint density at radius 3 is 2.71 bits per heavy atom. The van der Waals surface area contributed by atoms with Crippen molar-refractivity contribution in [2.75, 3.05) is 12.4 Å². The molecule has 0 saturated carbocycles. The quantitative estimate of drug-likeness (QED) is 0.382. The second-order valence-corrected chi connectivity index (χ2v) is 7.85. The van der Waals surface area contributed by atoms with Crippen LogP contribution in [0.15, 0.2) is 54.7 Å². The molecule has 0 aliphatic heterocycles. The summed E-state index contributed by atoms with van der Waals surface area (Å²) in [4.78, 5) is 12.6. The molecule has 2 N–H and O–H groups in total. The molecule has 0 fully saturated rings. The van der Waals surface area contributed by atoms with Crippen LogP contribution in [0.1, 0.15) is 16.1 Å². The first-order valence-corrected chi connectivity index (χ1v) is 10.2. The highest BCUT2D eigenvalue weighted by atomic mass is 35.5. The first kappa shape index (κ1) is 21.2. The van der Waals surface area contributed by atoms with Gasteiger partial charge in [-0.15, -0.1) is 0 Å². The van der Waals surface area contributed by atoms with Gasteiger partial charge in [-0.1, -0.05) is 53.0 Å². The molecule has 0 unspecified atom stereocenters. The Morgan fingerprint density at radius 2 is 1.94 bits per heavy atom. The van der Waals surface area contributed by atoms with Gasteiger partial charge in [-0.25, -0.2) is 0 Å². The number of rotatable bonds is 6. The number of nitrogens with one attached hydrogen (secondary N) is 2. The van der Waals surface area contributed by atoms with Crippen molar-refractivity contribution in [2.45, 2.75) is 6.54 Å². The fourth-order valence-corrected chi connectivity index (χ4v) is 3.45. The number of H-pyrrole nitrogens is 1. The maximum atomic E-state index is 12.6. The number of carbonyl (C=O) groups excluding carboxylic acids is 1. The lowest BCUT2D eigenvalue weighted by atomic mass is 10.1. The van der Waals surface area contributed by atoms with E-state index in [1.54, 1.807) is 36.2 Å². The van der Waals surface area contributed by atoms with Crippen LogP contribution in [0.2, 0.25) is 15.1 Å². The number of hydrogen-bond donors (Lipinski definition) is 2. The van der Waals surface area contributed by atoms with Crippen molar-refractivity contribution in [3.8, 4) is 17.0 Å². The van der Waals surface area contributed by atoms with Crippen LogP contribution in [0.25, 0.3) is 11.3 Å². The molecule has 2 aromatic carbocycles. The van der Waals surface area contributed by atoms with Crippen LogP contribution in [-0.4, -0.2) is 33.0 Å². The van der Waals surface area contributed by atoms with Gasteiger partial charge in [0.25, 0.3) is 5.91 Å². The Morgan fingerprint density at radius 1 is 1.10 bits per heavy atom. The number of aromatic nitrogens is 4. The van der Waals surface area contributed by atoms with E-state index >= 15 is 0 Å². The number of aromatic amines is 1. The second kappa shape index (κ2) is 9.01. The first-order chi connectivity index (χ1) is 14.9. The number of anilines is 1. The summed E-state index contributed by atoms with van der Waals surface area (Å²) in [5.74, 6) is 0.526. The molecule has 1 amide bonds. The predicted molar refractivity (Wildman–Crippen MR) is 121 cm³/mol. The van der Waals surface area contributed by atoms with Gasteiger partial charge >= 0.3 is 0 Å². The molecule has 4 aromatic rings. The van der Waals surface area contributed by atoms with Crippen molar-refractivity contribution >= 4 is 46.5 Å². The van der Waals surface area contributed by atoms with Crippen molar-refractivity contribution < 1.29 is 9.53 Å². The van der Waals surface area contributed by atoms with Gasteiger partial charge in [0.2, 0.25) is 0 Å². The zero-order chi connectivity index (χ0) is 22.0. The van der Waals surface area contributed by atoms with E-state index in [9.17, 15) is 4.79 Å². The Balaban J connectivity index is 1.47. The van der Waals surface area contributed by atoms with Crippen molar-refractivity contribution in [1.29, 1.82) is 0 Å². The number of ether oxygens (including phenoxy) is 1. The maximum Gasteiger partial charge on any atom is 0.274 e. The number of nitrogens with zero attached hydrogens (tertiary/aromatic N) is 3. The van der Waals surface area contributed by atoms with Gasteiger partial charge in [0, 0.05) is 11.8 Å². The van der Waals surface area contributed by atoms with Crippen LogP contribution in [0.4, 0.5) is 5.82 Å². The molecule has 0 aliphatic rings. The van der Waals surface area contributed by atoms with Crippen LogP contribution in [0.5, 0.6) is 5.75 Å². The fraction of sp³-hybridized carbons (Fsp3) is 0.0952. The number of methoxy groups -OCH3 is 1. The fourth-order valence-electron chi connectivity index (χ4n) is 2.93. The molecule has 158 valence electrons. The third kappa shape index (κ3) is 4.85. The summed E-state index contributed by atoms with van der Waals surface area (Å²) in [6.45, 7) is 0.413. The van der Waals surface area contributed by atoms with Crippen molar-refractivity contribution in [3.63, 3.8) is 0 Å². The molecule has 2 heterocycles. The van der Waals surface area contributed by atoms with Gasteiger partial charge in [-0.05, 0) is 35.9 Å². The molecule has 0 radical (unpaired) electrons. The van der Waals surface area contributed by atoms with E-state index in [0.717, 1.165) is 11.1 Å². The van der Waals surface area contributed by atoms with Crippen LogP contribution in [0, 0.1) is 0 Å². The number of amides is 1. The Kier molecular flexibility index (Phi) is 6.18. The number of benzene rings is 2. The minimum Gasteiger partial charge on any atom is -0.497 e. The summed E-state index contributed by atoms with van der Waals surface area (Å²) >= 11 is 18.3. The summed E-state index contributed by atoms with van der Waals surface area (Å²) in [6, 6.07) is 14.3. The molecule has 0 aliphatic carbocycles. The lowest BCUT2D eigenvalue weighted by molar-refractivity contribution is 0.102. The van der Waals surface area contributed by atoms with E-state index < -0.39 is 5.91 Å². The van der Waals surface area contributed by atoms with Crippen LogP contribution in [-0.2, 0) is 6.54 Å². The van der Waals surface area contributed by atoms with E-state index in [4.69, 9.17) is 39.5 Å². The summed E-state index contributed by atoms with van der Waals surface area (Å²) in [6.07, 6.45) is 1.62. The van der Waals surface area contributed by atoms with Crippen LogP contribution in [0.3, 0.4) is 0 Å². The third-order valence-electron chi connectivity index (χ3n) is 4.47. The predicted octanol–water partition coefficient (Wildman–Crippen LogP) is 5.54. The number of carbonyl (C=O) groups is 1. The topological polar surface area (TPSA) is 84.8 Å². The van der Waals surface area contributed by atoms with E-state index in [1.165, 1.54) is 0 Å². The van der Waals surface area contributed by atoms with Crippen LogP contribution >= 0.6 is 34.8 Å². The average molecular weight is 477 g/mol. The molecule has 10 heteroatoms. The standard InChI is InChI=1S/C21H16Cl3N5O2/c1-31-14-4-2-3-13(8-14)18-9-19(27-26-18)21(30)25-20-17(24)11-29(28-20)10-12-5-6-15(22)16(23)7-12/h2-9,11H,10H2,1H3,(H,26,27)(H,25,28,30). The van der Waals surface area contributed by atoms with E-state index in [1.807, 2.05) is 30.3 Å². The van der Waals surface area contributed by atoms with Crippen molar-refractivity contribution in [2.24, 2.45) is 0 Å². The largest absolute Gasteiger partial charge is 0.497 e. The minimum absolute atomic E-state index is 0.240. The van der Waals surface area contributed by atoms with Gasteiger partial charge in [-0.2, -0.15) is 10.2 Å². The molecular formula is C21H16Cl3N5O2. The number of hydrogen-bond acceptors (Lipinski definition) is 4. The van der Waals surface area contributed by atoms with Gasteiger partial charge < -0.3 is 10.1 Å². The average Bonchev–Trinajstić information content (AvgIpc) is 3.38. The normalized spacial score (nSPS) is 10.8. The molecule has 4 rings (SSSR count). The zero-order valence-electron chi connectivity index (χ0n) is 16.2. The highest BCUT2D eigenvalue weighted by Crippen LogP contribution is 2.26. The zero-order valence-corrected chi connectivity index (χ0v) is 18.5. The number of halogens is 3. The third-order valence-corrected chi connectivity index (χ3v) is 5.48. The van der Waals surface area contributed by atoms with E-state index in [-0.39, 0.29) is 11.5 Å².